The van der Waals surface area contributed by atoms with Crippen molar-refractivity contribution in [2.45, 2.75) is 6.92 Å². The van der Waals surface area contributed by atoms with Gasteiger partial charge in [0.25, 0.3) is 0 Å². The Bertz CT molecular complexity index is 143. The van der Waals surface area contributed by atoms with E-state index in [0.29, 0.717) is 0 Å². The molecule has 0 aromatic carbocycles. The maximum Gasteiger partial charge on any atom is 0.167 e. The average Bonchev–Trinajstić information content (AvgIpc) is 1.69. The molecule has 0 unspecified atom stereocenters. The quantitative estimate of drug-likeness (QED) is 0.412. The molecular weight excluding hydrogens is 248 g/mol. The van der Waals surface area contributed by atoms with E-state index in [1.807, 2.05) is 24.5 Å². The molecule has 0 fully saturated rings. The van der Waals surface area contributed by atoms with Gasteiger partial charge in [-0.2, -0.15) is 0 Å². The number of hydrogen-bond acceptors (Lipinski definition) is 0. The molecule has 0 amide bonds. The zero-order chi connectivity index (χ0) is 5.11. The summed E-state index contributed by atoms with van der Waals surface area (Å²) in [6.45, 7) is 2.06. The largest absolute Gasteiger partial charge is 1.00 e. The highest BCUT2D eigenvalue weighted by molar-refractivity contribution is 5.02. The molecule has 52 valence electrons. The van der Waals surface area contributed by atoms with Gasteiger partial charge in [-0.1, -0.05) is 0 Å². The summed E-state index contributed by atoms with van der Waals surface area (Å²) < 4.78 is 0. The molecule has 1 nitrogen and oxygen atoms in total. The van der Waals surface area contributed by atoms with Gasteiger partial charge in [-0.05, 0) is 12.5 Å². The number of rotatable bonds is 0. The van der Waals surface area contributed by atoms with E-state index < -0.39 is 0 Å². The Morgan fingerprint density at radius 1 is 1.22 bits per heavy atom. The lowest BCUT2D eigenvalue weighted by Crippen LogP contribution is -3.00. The molecule has 0 radical (unpaired) electrons. The Kier molecular flexibility index (Phi) is 8.32. The van der Waals surface area contributed by atoms with Crippen molar-refractivity contribution in [3.63, 3.8) is 0 Å². The van der Waals surface area contributed by atoms with Crippen LogP contribution in [-0.4, -0.2) is 0 Å². The molecule has 0 aliphatic heterocycles. The molecule has 0 aliphatic carbocycles. The van der Waals surface area contributed by atoms with Gasteiger partial charge < -0.3 is 36.4 Å². The second-order valence-corrected chi connectivity index (χ2v) is 1.58. The van der Waals surface area contributed by atoms with E-state index in [-0.39, 0.29) is 36.4 Å². The van der Waals surface area contributed by atoms with Crippen molar-refractivity contribution >= 4 is 0 Å². The minimum absolute atomic E-state index is 0. The van der Waals surface area contributed by atoms with Crippen LogP contribution in [0.4, 0.5) is 0 Å². The topological polar surface area (TPSA) is 14.1 Å². The lowest BCUT2D eigenvalue weighted by Gasteiger charge is -1.77. The molecule has 1 N–H and O–H groups in total. The first-order chi connectivity index (χ1) is 3.39. The molecular formula is C6H8ClIN-. The van der Waals surface area contributed by atoms with Gasteiger partial charge in [-0.25, -0.2) is 4.98 Å². The zero-order valence-electron chi connectivity index (χ0n) is 5.07. The van der Waals surface area contributed by atoms with E-state index in [1.54, 1.807) is 0 Å². The van der Waals surface area contributed by atoms with Crippen LogP contribution in [0.15, 0.2) is 24.5 Å². The molecule has 0 aliphatic rings. The number of pyridine rings is 1. The van der Waals surface area contributed by atoms with E-state index in [0.717, 1.165) is 0 Å². The fraction of sp³-hybridized carbons (Fsp3) is 0.167. The summed E-state index contributed by atoms with van der Waals surface area (Å²) in [5.41, 5.74) is 1.29. The predicted octanol–water partition coefficient (Wildman–Crippen LogP) is -5.18. The third-order valence-electron chi connectivity index (χ3n) is 0.885. The Hall–Kier alpha value is 0.170. The molecule has 0 atom stereocenters. The second kappa shape index (κ2) is 6.29. The van der Waals surface area contributed by atoms with Crippen molar-refractivity contribution in [3.05, 3.63) is 30.1 Å². The molecule has 0 saturated carbocycles. The molecule has 3 heteroatoms. The number of aromatic amines is 1. The number of aromatic nitrogens is 1. The monoisotopic (exact) mass is 256 g/mol. The lowest BCUT2D eigenvalue weighted by molar-refractivity contribution is -0.378. The molecule has 0 bridgehead atoms. The van der Waals surface area contributed by atoms with Crippen molar-refractivity contribution in [2.24, 2.45) is 0 Å². The van der Waals surface area contributed by atoms with Gasteiger partial charge in [-0.3, -0.25) is 0 Å². The maximum absolute atomic E-state index is 2.93. The minimum Gasteiger partial charge on any atom is -1.00 e. The number of halogens is 2. The van der Waals surface area contributed by atoms with Gasteiger partial charge in [0, 0.05) is 12.1 Å². The van der Waals surface area contributed by atoms with Gasteiger partial charge in [0.2, 0.25) is 0 Å². The molecule has 1 aromatic rings. The fourth-order valence-electron chi connectivity index (χ4n) is 0.470. The Morgan fingerprint density at radius 2 is 1.67 bits per heavy atom. The van der Waals surface area contributed by atoms with E-state index >= 15 is 0 Å². The van der Waals surface area contributed by atoms with Crippen LogP contribution in [-0.2, 0) is 0 Å². The van der Waals surface area contributed by atoms with Gasteiger partial charge in [0.1, 0.15) is 0 Å². The first-order valence-electron chi connectivity index (χ1n) is 2.32. The molecule has 1 rings (SSSR count). The lowest BCUT2D eigenvalue weighted by atomic mass is 10.3. The van der Waals surface area contributed by atoms with Crippen LogP contribution in [0.1, 0.15) is 5.56 Å². The molecule has 1 aromatic heterocycles. The smallest absolute Gasteiger partial charge is 0.167 e. The van der Waals surface area contributed by atoms with E-state index in [4.69, 9.17) is 0 Å². The summed E-state index contributed by atoms with van der Waals surface area (Å²) in [5.74, 6) is 0. The van der Waals surface area contributed by atoms with E-state index in [2.05, 4.69) is 11.9 Å². The van der Waals surface area contributed by atoms with Crippen molar-refractivity contribution in [3.8, 4) is 0 Å². The maximum atomic E-state index is 2.93. The highest BCUT2D eigenvalue weighted by atomic mass is 127. The Morgan fingerprint density at radius 3 is 1.89 bits per heavy atom. The second-order valence-electron chi connectivity index (χ2n) is 1.58. The van der Waals surface area contributed by atoms with Crippen LogP contribution in [0, 0.1) is 6.92 Å². The summed E-state index contributed by atoms with van der Waals surface area (Å²) in [7, 11) is 0. The minimum atomic E-state index is 0. The number of aryl methyl sites for hydroxylation is 1. The first kappa shape index (κ1) is 11.9. The average molecular weight is 256 g/mol. The van der Waals surface area contributed by atoms with Crippen LogP contribution < -0.4 is 41.4 Å². The van der Waals surface area contributed by atoms with Gasteiger partial charge in [-0.15, -0.1) is 0 Å². The van der Waals surface area contributed by atoms with Gasteiger partial charge >= 0.3 is 0 Å². The molecule has 9 heavy (non-hydrogen) atoms. The highest BCUT2D eigenvalue weighted by Crippen LogP contribution is 1.86. The summed E-state index contributed by atoms with van der Waals surface area (Å²) in [6.07, 6.45) is 3.82. The van der Waals surface area contributed by atoms with Crippen LogP contribution in [0.25, 0.3) is 0 Å². The Labute approximate surface area is 78.3 Å². The van der Waals surface area contributed by atoms with Gasteiger partial charge in [0.05, 0.1) is 0 Å². The standard InChI is InChI=1S/C6H7N.ClH.HI/c1-6-2-4-7-5-3-6;;/h2-5H,1H3;2*1H/p-1. The van der Waals surface area contributed by atoms with E-state index in [1.165, 1.54) is 5.56 Å². The molecule has 0 spiro atoms. The SMILES string of the molecule is Cc1cc[nH+]cc1.[Cl-].[I-]. The molecule has 0 saturated heterocycles. The van der Waals surface area contributed by atoms with E-state index in [9.17, 15) is 0 Å². The summed E-state index contributed by atoms with van der Waals surface area (Å²) >= 11 is 0. The van der Waals surface area contributed by atoms with Crippen molar-refractivity contribution in [1.82, 2.24) is 0 Å². The van der Waals surface area contributed by atoms with Crippen LogP contribution >= 0.6 is 0 Å². The van der Waals surface area contributed by atoms with Gasteiger partial charge in [0.15, 0.2) is 12.4 Å². The number of H-pyrrole nitrogens is 1. The van der Waals surface area contributed by atoms with Crippen LogP contribution in [0.3, 0.4) is 0 Å². The third-order valence-corrected chi connectivity index (χ3v) is 0.885. The summed E-state index contributed by atoms with van der Waals surface area (Å²) in [6, 6.07) is 4.06. The summed E-state index contributed by atoms with van der Waals surface area (Å²) in [4.78, 5) is 2.93. The van der Waals surface area contributed by atoms with Crippen LogP contribution in [0.5, 0.6) is 0 Å². The number of hydrogen-bond donors (Lipinski definition) is 0. The Balaban J connectivity index is 0. The van der Waals surface area contributed by atoms with Crippen molar-refractivity contribution in [2.75, 3.05) is 0 Å². The fourth-order valence-corrected chi connectivity index (χ4v) is 0.470. The summed E-state index contributed by atoms with van der Waals surface area (Å²) in [5, 5.41) is 0. The third kappa shape index (κ3) is 4.66. The molecule has 1 heterocycles. The van der Waals surface area contributed by atoms with Crippen molar-refractivity contribution in [1.29, 1.82) is 0 Å². The normalized spacial score (nSPS) is 6.78. The highest BCUT2D eigenvalue weighted by Gasteiger charge is 1.78. The van der Waals surface area contributed by atoms with Crippen LogP contribution in [0.2, 0.25) is 0 Å². The zero-order valence-corrected chi connectivity index (χ0v) is 7.98. The predicted molar refractivity (Wildman–Crippen MR) is 27.7 cm³/mol. The number of nitrogens with one attached hydrogen (secondary N) is 1. The first-order valence-corrected chi connectivity index (χ1v) is 2.32. The van der Waals surface area contributed by atoms with Crippen molar-refractivity contribution < 1.29 is 41.4 Å².